The molecule has 3 nitrogen and oxygen atoms in total. The van der Waals surface area contributed by atoms with Crippen molar-refractivity contribution in [2.24, 2.45) is 5.41 Å². The van der Waals surface area contributed by atoms with Crippen LogP contribution in [0.2, 0.25) is 0 Å². The van der Waals surface area contributed by atoms with Crippen molar-refractivity contribution in [3.05, 3.63) is 24.0 Å². The summed E-state index contributed by atoms with van der Waals surface area (Å²) in [6, 6.07) is 4.89. The summed E-state index contributed by atoms with van der Waals surface area (Å²) in [5.41, 5.74) is 0.662. The lowest BCUT2D eigenvalue weighted by Crippen LogP contribution is -2.56. The van der Waals surface area contributed by atoms with Crippen LogP contribution in [0, 0.1) is 11.2 Å². The molecule has 0 bridgehead atoms. The highest BCUT2D eigenvalue weighted by atomic mass is 19.1. The van der Waals surface area contributed by atoms with Gasteiger partial charge in [0, 0.05) is 23.2 Å². The Balaban J connectivity index is 2.10. The second kappa shape index (κ2) is 4.18. The minimum atomic E-state index is -0.369. The van der Waals surface area contributed by atoms with Gasteiger partial charge in [0.2, 0.25) is 0 Å². The smallest absolute Gasteiger partial charge is 0.165 e. The fraction of sp³-hybridized carbons (Fsp3) is 0.538. The Kier molecular flexibility index (Phi) is 3.00. The summed E-state index contributed by atoms with van der Waals surface area (Å²) in [6.07, 6.45) is 0.439. The van der Waals surface area contributed by atoms with Crippen LogP contribution in [0.1, 0.15) is 20.3 Å². The number of hydrogen-bond acceptors (Lipinski definition) is 3. The van der Waals surface area contributed by atoms with Crippen molar-refractivity contribution in [2.75, 3.05) is 12.4 Å². The zero-order valence-electron chi connectivity index (χ0n) is 10.3. The van der Waals surface area contributed by atoms with Crippen molar-refractivity contribution >= 4 is 5.69 Å². The number of methoxy groups -OCH3 is 1. The molecule has 2 N–H and O–H groups in total. The molecule has 1 fully saturated rings. The molecular weight excluding hydrogens is 221 g/mol. The van der Waals surface area contributed by atoms with Gasteiger partial charge >= 0.3 is 0 Å². The zero-order chi connectivity index (χ0) is 12.6. The first kappa shape index (κ1) is 12.2. The Morgan fingerprint density at radius 2 is 2.18 bits per heavy atom. The predicted octanol–water partition coefficient (Wildman–Crippen LogP) is 2.41. The first-order chi connectivity index (χ1) is 7.95. The fourth-order valence-corrected chi connectivity index (χ4v) is 2.10. The van der Waals surface area contributed by atoms with Crippen LogP contribution in [-0.2, 0) is 0 Å². The van der Waals surface area contributed by atoms with Gasteiger partial charge in [-0.2, -0.15) is 0 Å². The number of hydrogen-bond donors (Lipinski definition) is 2. The van der Waals surface area contributed by atoms with Crippen LogP contribution >= 0.6 is 0 Å². The van der Waals surface area contributed by atoms with E-state index < -0.39 is 0 Å². The molecule has 4 heteroatoms. The lowest BCUT2D eigenvalue weighted by Gasteiger charge is -2.49. The van der Waals surface area contributed by atoms with E-state index in [1.54, 1.807) is 12.1 Å². The van der Waals surface area contributed by atoms with Crippen LogP contribution in [0.5, 0.6) is 5.75 Å². The molecule has 1 saturated carbocycles. The monoisotopic (exact) mass is 239 g/mol. The molecule has 0 aliphatic heterocycles. The third-order valence-corrected chi connectivity index (χ3v) is 3.71. The number of halogens is 1. The molecule has 17 heavy (non-hydrogen) atoms. The van der Waals surface area contributed by atoms with Crippen LogP contribution < -0.4 is 10.1 Å². The Labute approximate surface area is 101 Å². The van der Waals surface area contributed by atoms with Gasteiger partial charge in [0.1, 0.15) is 0 Å². The molecule has 1 aromatic rings. The Morgan fingerprint density at radius 3 is 2.71 bits per heavy atom. The van der Waals surface area contributed by atoms with E-state index in [0.717, 1.165) is 5.69 Å². The van der Waals surface area contributed by atoms with E-state index in [-0.39, 0.29) is 29.1 Å². The van der Waals surface area contributed by atoms with Crippen LogP contribution in [-0.4, -0.2) is 24.4 Å². The van der Waals surface area contributed by atoms with Gasteiger partial charge < -0.3 is 15.2 Å². The van der Waals surface area contributed by atoms with Gasteiger partial charge in [-0.15, -0.1) is 0 Å². The standard InChI is InChI=1S/C13H18FNO2/c1-13(2)11(7-12(13)16)15-8-4-5-9(14)10(6-8)17-3/h4-6,11-12,15-16H,7H2,1-3H3. The quantitative estimate of drug-likeness (QED) is 0.851. The second-order valence-corrected chi connectivity index (χ2v) is 5.12. The van der Waals surface area contributed by atoms with E-state index in [1.807, 2.05) is 13.8 Å². The highest BCUT2D eigenvalue weighted by Gasteiger charge is 2.47. The minimum Gasteiger partial charge on any atom is -0.494 e. The van der Waals surface area contributed by atoms with Gasteiger partial charge in [0.15, 0.2) is 11.6 Å². The molecule has 1 aromatic carbocycles. The maximum Gasteiger partial charge on any atom is 0.165 e. The zero-order valence-corrected chi connectivity index (χ0v) is 10.3. The Bertz CT molecular complexity index is 420. The number of rotatable bonds is 3. The Hall–Kier alpha value is -1.29. The van der Waals surface area contributed by atoms with Crippen LogP contribution in [0.25, 0.3) is 0 Å². The normalized spacial score (nSPS) is 26.2. The number of benzene rings is 1. The van der Waals surface area contributed by atoms with Crippen molar-refractivity contribution in [3.8, 4) is 5.75 Å². The molecule has 0 amide bonds. The highest BCUT2D eigenvalue weighted by molar-refractivity contribution is 5.50. The first-order valence-corrected chi connectivity index (χ1v) is 5.73. The third-order valence-electron chi connectivity index (χ3n) is 3.71. The average Bonchev–Trinajstić information content (AvgIpc) is 2.31. The van der Waals surface area contributed by atoms with Crippen molar-refractivity contribution in [1.82, 2.24) is 0 Å². The summed E-state index contributed by atoms with van der Waals surface area (Å²) in [7, 11) is 1.44. The maximum atomic E-state index is 13.2. The summed E-state index contributed by atoms with van der Waals surface area (Å²) in [5, 5.41) is 12.9. The third kappa shape index (κ3) is 2.09. The summed E-state index contributed by atoms with van der Waals surface area (Å²) in [5.74, 6) is -0.140. The Morgan fingerprint density at radius 1 is 1.47 bits per heavy atom. The van der Waals surface area contributed by atoms with E-state index in [4.69, 9.17) is 4.74 Å². The average molecular weight is 239 g/mol. The van der Waals surface area contributed by atoms with E-state index in [1.165, 1.54) is 13.2 Å². The van der Waals surface area contributed by atoms with Crippen molar-refractivity contribution in [1.29, 1.82) is 0 Å². The van der Waals surface area contributed by atoms with Crippen molar-refractivity contribution < 1.29 is 14.2 Å². The van der Waals surface area contributed by atoms with Crippen LogP contribution in [0.4, 0.5) is 10.1 Å². The van der Waals surface area contributed by atoms with Gasteiger partial charge in [-0.05, 0) is 18.6 Å². The first-order valence-electron chi connectivity index (χ1n) is 5.73. The lowest BCUT2D eigenvalue weighted by atomic mass is 9.64. The molecule has 94 valence electrons. The number of nitrogens with one attached hydrogen (secondary N) is 1. The van der Waals surface area contributed by atoms with E-state index in [9.17, 15) is 9.50 Å². The molecule has 0 radical (unpaired) electrons. The topological polar surface area (TPSA) is 41.5 Å². The molecule has 0 aromatic heterocycles. The van der Waals surface area contributed by atoms with E-state index in [2.05, 4.69) is 5.32 Å². The summed E-state index contributed by atoms with van der Waals surface area (Å²) in [4.78, 5) is 0. The van der Waals surface area contributed by atoms with Gasteiger partial charge in [-0.3, -0.25) is 0 Å². The van der Waals surface area contributed by atoms with Gasteiger partial charge in [0.05, 0.1) is 13.2 Å². The number of ether oxygens (including phenoxy) is 1. The molecular formula is C13H18FNO2. The fourth-order valence-electron chi connectivity index (χ4n) is 2.10. The van der Waals surface area contributed by atoms with E-state index in [0.29, 0.717) is 6.42 Å². The summed E-state index contributed by atoms with van der Waals surface area (Å²) >= 11 is 0. The molecule has 0 spiro atoms. The summed E-state index contributed by atoms with van der Waals surface area (Å²) in [6.45, 7) is 4.03. The number of aliphatic hydroxyl groups excluding tert-OH is 1. The molecule has 1 aliphatic rings. The number of anilines is 1. The molecule has 0 saturated heterocycles. The summed E-state index contributed by atoms with van der Waals surface area (Å²) < 4.78 is 18.2. The molecule has 2 unspecified atom stereocenters. The second-order valence-electron chi connectivity index (χ2n) is 5.12. The predicted molar refractivity (Wildman–Crippen MR) is 64.8 cm³/mol. The molecule has 1 aliphatic carbocycles. The highest BCUT2D eigenvalue weighted by Crippen LogP contribution is 2.42. The van der Waals surface area contributed by atoms with Crippen molar-refractivity contribution in [3.63, 3.8) is 0 Å². The van der Waals surface area contributed by atoms with Gasteiger partial charge in [-0.1, -0.05) is 13.8 Å². The molecule has 0 heterocycles. The van der Waals surface area contributed by atoms with Crippen molar-refractivity contribution in [2.45, 2.75) is 32.4 Å². The van der Waals surface area contributed by atoms with Gasteiger partial charge in [-0.25, -0.2) is 4.39 Å². The maximum absolute atomic E-state index is 13.2. The minimum absolute atomic E-state index is 0.151. The molecule has 2 rings (SSSR count). The van der Waals surface area contributed by atoms with Gasteiger partial charge in [0.25, 0.3) is 0 Å². The lowest BCUT2D eigenvalue weighted by molar-refractivity contribution is -0.0510. The SMILES string of the molecule is COc1cc(NC2CC(O)C2(C)C)ccc1F. The van der Waals surface area contributed by atoms with Crippen LogP contribution in [0.15, 0.2) is 18.2 Å². The molecule has 2 atom stereocenters. The number of aliphatic hydroxyl groups is 1. The van der Waals surface area contributed by atoms with E-state index >= 15 is 0 Å². The van der Waals surface area contributed by atoms with Crippen LogP contribution in [0.3, 0.4) is 0 Å². The largest absolute Gasteiger partial charge is 0.494 e.